The van der Waals surface area contributed by atoms with Gasteiger partial charge in [-0.05, 0) is 78.6 Å². The molecular weight excluding hydrogens is 436 g/mol. The molecule has 188 valence electrons. The van der Waals surface area contributed by atoms with Crippen LogP contribution in [0.15, 0.2) is 12.1 Å². The number of hydrogen-bond acceptors (Lipinski definition) is 8. The minimum atomic E-state index is -0.939. The number of ether oxygens (including phenoxy) is 3. The molecule has 2 heterocycles. The maximum atomic E-state index is 13.0. The molecule has 4 aliphatic rings. The van der Waals surface area contributed by atoms with Crippen LogP contribution in [0.5, 0.6) is 11.5 Å². The minimum absolute atomic E-state index is 0.142. The Hall–Kier alpha value is -1.87. The largest absolute Gasteiger partial charge is 0.504 e. The van der Waals surface area contributed by atoms with E-state index in [1.807, 2.05) is 26.8 Å². The standard InChI is InChI=1S/C26H38N2O6/c1-14(29)20(23(31)34-24(2,3)4)27-16-9-10-26(32-6)18-13-15-7-8-17(30)21-19(15)25(26,22(16)33-21)11-12-28(18)5/h7-8,14,16,18,20,22,27,29-30H,9-13H2,1-6H3/t14-,16-,18?,20+,22+,25?,26-/m1/s1. The van der Waals surface area contributed by atoms with E-state index in [-0.39, 0.29) is 23.9 Å². The Morgan fingerprint density at radius 2 is 2.06 bits per heavy atom. The number of phenolic OH excluding ortho intramolecular Hbond substituents is 1. The van der Waals surface area contributed by atoms with Gasteiger partial charge >= 0.3 is 5.97 Å². The first-order valence-electron chi connectivity index (χ1n) is 12.4. The topological polar surface area (TPSA) is 100 Å². The number of rotatable bonds is 5. The number of likely N-dealkylation sites (tertiary alicyclic amines) is 1. The number of benzene rings is 1. The number of carbonyl (C=O) groups excluding carboxylic acids is 1. The molecule has 34 heavy (non-hydrogen) atoms. The quantitative estimate of drug-likeness (QED) is 0.557. The van der Waals surface area contributed by atoms with Crippen LogP contribution >= 0.6 is 0 Å². The van der Waals surface area contributed by atoms with E-state index in [2.05, 4.69) is 17.3 Å². The van der Waals surface area contributed by atoms with E-state index in [9.17, 15) is 15.0 Å². The zero-order chi connectivity index (χ0) is 24.6. The molecule has 1 saturated carbocycles. The Bertz CT molecular complexity index is 990. The predicted molar refractivity (Wildman–Crippen MR) is 126 cm³/mol. The highest BCUT2D eigenvalue weighted by Crippen LogP contribution is 2.66. The van der Waals surface area contributed by atoms with E-state index in [0.717, 1.165) is 31.4 Å². The number of likely N-dealkylation sites (N-methyl/N-ethyl adjacent to an activating group) is 1. The van der Waals surface area contributed by atoms with Crippen LogP contribution < -0.4 is 10.1 Å². The number of phenols is 1. The number of nitrogens with one attached hydrogen (secondary N) is 1. The van der Waals surface area contributed by atoms with Gasteiger partial charge < -0.3 is 29.3 Å². The minimum Gasteiger partial charge on any atom is -0.504 e. The first kappa shape index (κ1) is 23.9. The van der Waals surface area contributed by atoms with Crippen LogP contribution in [0.25, 0.3) is 0 Å². The second kappa shape index (κ2) is 7.82. The summed E-state index contributed by atoms with van der Waals surface area (Å²) in [4.78, 5) is 15.4. The van der Waals surface area contributed by atoms with Gasteiger partial charge in [0.05, 0.1) is 17.1 Å². The van der Waals surface area contributed by atoms with E-state index in [0.29, 0.717) is 12.2 Å². The average Bonchev–Trinajstić information content (AvgIpc) is 3.11. The van der Waals surface area contributed by atoms with Crippen LogP contribution in [0.1, 0.15) is 58.1 Å². The lowest BCUT2D eigenvalue weighted by Crippen LogP contribution is -2.78. The highest BCUT2D eigenvalue weighted by molar-refractivity contribution is 5.77. The fourth-order valence-electron chi connectivity index (χ4n) is 7.31. The molecule has 2 fully saturated rings. The van der Waals surface area contributed by atoms with E-state index in [4.69, 9.17) is 14.2 Å². The summed E-state index contributed by atoms with van der Waals surface area (Å²) in [6.07, 6.45) is 1.88. The zero-order valence-corrected chi connectivity index (χ0v) is 21.1. The van der Waals surface area contributed by atoms with Crippen LogP contribution in [0, 0.1) is 0 Å². The predicted octanol–water partition coefficient (Wildman–Crippen LogP) is 1.88. The first-order valence-corrected chi connectivity index (χ1v) is 12.4. The molecule has 2 bridgehead atoms. The summed E-state index contributed by atoms with van der Waals surface area (Å²) in [5.41, 5.74) is 0.697. The van der Waals surface area contributed by atoms with E-state index in [1.165, 1.54) is 5.56 Å². The Morgan fingerprint density at radius 3 is 2.71 bits per heavy atom. The second-order valence-corrected chi connectivity index (χ2v) is 11.6. The number of aromatic hydroxyl groups is 1. The molecular formula is C26H38N2O6. The van der Waals surface area contributed by atoms with E-state index < -0.39 is 34.7 Å². The van der Waals surface area contributed by atoms with Gasteiger partial charge in [0.25, 0.3) is 0 Å². The molecule has 8 heteroatoms. The average molecular weight is 475 g/mol. The fourth-order valence-corrected chi connectivity index (χ4v) is 7.31. The van der Waals surface area contributed by atoms with Crippen LogP contribution in [0.4, 0.5) is 0 Å². The van der Waals surface area contributed by atoms with Crippen molar-refractivity contribution in [1.29, 1.82) is 0 Å². The number of nitrogens with zero attached hydrogens (tertiary/aromatic N) is 1. The fraction of sp³-hybridized carbons (Fsp3) is 0.731. The molecule has 0 amide bonds. The van der Waals surface area contributed by atoms with Crippen molar-refractivity contribution in [3.05, 3.63) is 23.3 Å². The second-order valence-electron chi connectivity index (χ2n) is 11.6. The third kappa shape index (κ3) is 3.15. The van der Waals surface area contributed by atoms with Crippen molar-refractivity contribution in [2.24, 2.45) is 0 Å². The summed E-state index contributed by atoms with van der Waals surface area (Å²) in [5.74, 6) is 0.210. The molecule has 1 aromatic carbocycles. The highest BCUT2D eigenvalue weighted by atomic mass is 16.6. The smallest absolute Gasteiger partial charge is 0.326 e. The Labute approximate surface area is 201 Å². The molecule has 7 atom stereocenters. The lowest BCUT2D eigenvalue weighted by atomic mass is 9.48. The van der Waals surface area contributed by atoms with Gasteiger partial charge in [-0.25, -0.2) is 0 Å². The molecule has 3 N–H and O–H groups in total. The van der Waals surface area contributed by atoms with Crippen LogP contribution in [-0.4, -0.2) is 83.3 Å². The van der Waals surface area contributed by atoms with Crippen molar-refractivity contribution >= 4 is 5.97 Å². The number of aliphatic hydroxyl groups excluding tert-OH is 1. The molecule has 2 aliphatic heterocycles. The molecule has 1 saturated heterocycles. The van der Waals surface area contributed by atoms with Gasteiger partial charge in [0.1, 0.15) is 17.7 Å². The molecule has 0 aromatic heterocycles. The molecule has 2 unspecified atom stereocenters. The number of aliphatic hydroxyl groups is 1. The monoisotopic (exact) mass is 474 g/mol. The van der Waals surface area contributed by atoms with Gasteiger partial charge in [0, 0.05) is 24.8 Å². The van der Waals surface area contributed by atoms with E-state index >= 15 is 0 Å². The summed E-state index contributed by atoms with van der Waals surface area (Å²) in [6, 6.07) is 2.82. The van der Waals surface area contributed by atoms with Gasteiger partial charge in [-0.1, -0.05) is 6.07 Å². The van der Waals surface area contributed by atoms with Crippen molar-refractivity contribution < 1.29 is 29.2 Å². The summed E-state index contributed by atoms with van der Waals surface area (Å²) in [5, 5.41) is 24.7. The van der Waals surface area contributed by atoms with Crippen molar-refractivity contribution in [1.82, 2.24) is 10.2 Å². The van der Waals surface area contributed by atoms with Crippen molar-refractivity contribution in [3.63, 3.8) is 0 Å². The van der Waals surface area contributed by atoms with Crippen LogP contribution in [-0.2, 0) is 26.1 Å². The molecule has 1 aromatic rings. The normalized spacial score (nSPS) is 35.8. The van der Waals surface area contributed by atoms with Gasteiger partial charge in [0.2, 0.25) is 0 Å². The lowest BCUT2D eigenvalue weighted by Gasteiger charge is -2.65. The maximum absolute atomic E-state index is 13.0. The molecule has 8 nitrogen and oxygen atoms in total. The van der Waals surface area contributed by atoms with Crippen molar-refractivity contribution in [2.75, 3.05) is 20.7 Å². The Morgan fingerprint density at radius 1 is 1.32 bits per heavy atom. The third-order valence-electron chi connectivity index (χ3n) is 8.59. The summed E-state index contributed by atoms with van der Waals surface area (Å²) < 4.78 is 18.7. The SMILES string of the molecule is CO[C@@]12CC[C@@H](N[C@H](C(=O)OC(C)(C)C)[C@@H](C)O)[C@@H]3Oc4c(O)ccc5c4C31CCN(C)C2C5. The van der Waals surface area contributed by atoms with Gasteiger partial charge in [0.15, 0.2) is 11.5 Å². The van der Waals surface area contributed by atoms with Gasteiger partial charge in [-0.15, -0.1) is 0 Å². The molecule has 5 rings (SSSR count). The number of hydrogen-bond donors (Lipinski definition) is 3. The first-order chi connectivity index (χ1) is 15.9. The van der Waals surface area contributed by atoms with Crippen molar-refractivity contribution in [2.45, 2.75) is 100 Å². The van der Waals surface area contributed by atoms with Crippen molar-refractivity contribution in [3.8, 4) is 11.5 Å². The highest BCUT2D eigenvalue weighted by Gasteiger charge is 2.73. The number of carbonyl (C=O) groups is 1. The van der Waals surface area contributed by atoms with Gasteiger partial charge in [-0.2, -0.15) is 0 Å². The van der Waals surface area contributed by atoms with Crippen LogP contribution in [0.3, 0.4) is 0 Å². The summed E-state index contributed by atoms with van der Waals surface area (Å²) in [7, 11) is 3.95. The molecule has 0 radical (unpaired) electrons. The maximum Gasteiger partial charge on any atom is 0.326 e. The van der Waals surface area contributed by atoms with E-state index in [1.54, 1.807) is 20.1 Å². The van der Waals surface area contributed by atoms with Gasteiger partial charge in [-0.3, -0.25) is 10.1 Å². The third-order valence-corrected chi connectivity index (χ3v) is 8.59. The summed E-state index contributed by atoms with van der Waals surface area (Å²) in [6.45, 7) is 7.94. The molecule has 1 spiro atoms. The number of esters is 1. The van der Waals surface area contributed by atoms with Crippen LogP contribution in [0.2, 0.25) is 0 Å². The summed E-state index contributed by atoms with van der Waals surface area (Å²) >= 11 is 0. The number of piperidine rings is 1. The molecule has 2 aliphatic carbocycles. The Balaban J connectivity index is 1.57. The number of methoxy groups -OCH3 is 1. The zero-order valence-electron chi connectivity index (χ0n) is 21.1. The lowest BCUT2D eigenvalue weighted by molar-refractivity contribution is -0.204. The Kier molecular flexibility index (Phi) is 5.48.